The van der Waals surface area contributed by atoms with Crippen LogP contribution < -0.4 is 0 Å². The fraction of sp³-hybridized carbons (Fsp3) is 0.417. The molecule has 0 atom stereocenters. The van der Waals surface area contributed by atoms with E-state index < -0.39 is 17.5 Å². The molecule has 3 aromatic rings. The predicted molar refractivity (Wildman–Crippen MR) is 115 cm³/mol. The Labute approximate surface area is 185 Å². The molecule has 0 N–H and O–H groups in total. The van der Waals surface area contributed by atoms with Crippen molar-refractivity contribution < 1.29 is 18.1 Å². The van der Waals surface area contributed by atoms with Crippen molar-refractivity contribution in [1.29, 1.82) is 0 Å². The van der Waals surface area contributed by atoms with Crippen molar-refractivity contribution in [2.24, 2.45) is 0 Å². The summed E-state index contributed by atoms with van der Waals surface area (Å²) in [6.45, 7) is 8.86. The highest BCUT2D eigenvalue weighted by atomic mass is 19.1. The van der Waals surface area contributed by atoms with Crippen LogP contribution >= 0.6 is 0 Å². The van der Waals surface area contributed by atoms with Crippen LogP contribution in [0.2, 0.25) is 0 Å². The number of amides is 1. The van der Waals surface area contributed by atoms with Gasteiger partial charge in [0.15, 0.2) is 5.76 Å². The molecule has 0 bridgehead atoms. The van der Waals surface area contributed by atoms with Gasteiger partial charge < -0.3 is 9.42 Å². The first-order chi connectivity index (χ1) is 15.1. The quantitative estimate of drug-likeness (QED) is 0.571. The maximum atomic E-state index is 14.1. The molecule has 1 fully saturated rings. The average molecular weight is 440 g/mol. The van der Waals surface area contributed by atoms with Crippen LogP contribution in [0.15, 0.2) is 35.0 Å². The van der Waals surface area contributed by atoms with Gasteiger partial charge in [-0.1, -0.05) is 25.9 Å². The van der Waals surface area contributed by atoms with E-state index in [0.717, 1.165) is 41.0 Å². The fourth-order valence-electron chi connectivity index (χ4n) is 3.94. The minimum Gasteiger partial charge on any atom is -0.356 e. The third kappa shape index (κ3) is 4.40. The van der Waals surface area contributed by atoms with E-state index in [4.69, 9.17) is 9.51 Å². The molecule has 0 saturated carbocycles. The van der Waals surface area contributed by atoms with E-state index in [0.29, 0.717) is 31.7 Å². The van der Waals surface area contributed by atoms with Crippen LogP contribution in [-0.2, 0) is 5.41 Å². The first-order valence-corrected chi connectivity index (χ1v) is 10.7. The van der Waals surface area contributed by atoms with Crippen LogP contribution in [0.25, 0.3) is 11.3 Å². The molecule has 6 nitrogen and oxygen atoms in total. The van der Waals surface area contributed by atoms with Crippen LogP contribution in [0.3, 0.4) is 0 Å². The number of aryl methyl sites for hydroxylation is 1. The van der Waals surface area contributed by atoms with Gasteiger partial charge >= 0.3 is 0 Å². The Balaban J connectivity index is 1.59. The fourth-order valence-corrected chi connectivity index (χ4v) is 3.94. The zero-order valence-corrected chi connectivity index (χ0v) is 18.7. The molecule has 2 aromatic heterocycles. The third-order valence-electron chi connectivity index (χ3n) is 5.71. The maximum Gasteiger partial charge on any atom is 0.256 e. The molecular weight excluding hydrogens is 414 g/mol. The number of piperidine rings is 1. The average Bonchev–Trinajstić information content (AvgIpc) is 3.20. The molecule has 1 saturated heterocycles. The highest BCUT2D eigenvalue weighted by molar-refractivity contribution is 5.94. The van der Waals surface area contributed by atoms with Gasteiger partial charge in [0.1, 0.15) is 17.5 Å². The van der Waals surface area contributed by atoms with E-state index >= 15 is 0 Å². The second-order valence-electron chi connectivity index (χ2n) is 9.27. The van der Waals surface area contributed by atoms with E-state index in [1.54, 1.807) is 11.1 Å². The second-order valence-corrected chi connectivity index (χ2v) is 9.27. The topological polar surface area (TPSA) is 72.1 Å². The molecule has 4 rings (SSSR count). The molecule has 1 aliphatic rings. The number of hydrogen-bond acceptors (Lipinski definition) is 5. The molecule has 1 aliphatic heterocycles. The highest BCUT2D eigenvalue weighted by Crippen LogP contribution is 2.35. The normalized spacial score (nSPS) is 15.2. The lowest BCUT2D eigenvalue weighted by atomic mass is 9.88. The first kappa shape index (κ1) is 22.0. The number of hydrogen-bond donors (Lipinski definition) is 0. The van der Waals surface area contributed by atoms with E-state index in [2.05, 4.69) is 30.9 Å². The van der Waals surface area contributed by atoms with Crippen molar-refractivity contribution in [2.45, 2.75) is 51.9 Å². The molecule has 0 radical (unpaired) electrons. The van der Waals surface area contributed by atoms with Gasteiger partial charge in [0.25, 0.3) is 5.91 Å². The van der Waals surface area contributed by atoms with Crippen LogP contribution in [0.4, 0.5) is 8.78 Å². The predicted octanol–water partition coefficient (Wildman–Crippen LogP) is 5.04. The minimum absolute atomic E-state index is 0.0703. The molecular formula is C24H26F2N4O2. The van der Waals surface area contributed by atoms with Crippen LogP contribution in [-0.4, -0.2) is 39.0 Å². The Morgan fingerprint density at radius 3 is 2.50 bits per heavy atom. The monoisotopic (exact) mass is 440 g/mol. The SMILES string of the molecule is Cc1cc(-c2cnc(C(C)(C)C)nc2C2CCN(C(=O)c3cc(F)ccc3F)CC2)on1. The number of likely N-dealkylation sites (tertiary alicyclic amines) is 1. The third-order valence-corrected chi connectivity index (χ3v) is 5.71. The van der Waals surface area contributed by atoms with E-state index in [1.165, 1.54) is 0 Å². The smallest absolute Gasteiger partial charge is 0.256 e. The van der Waals surface area contributed by atoms with Crippen molar-refractivity contribution in [3.63, 3.8) is 0 Å². The van der Waals surface area contributed by atoms with Gasteiger partial charge in [0, 0.05) is 36.7 Å². The number of carbonyl (C=O) groups is 1. The minimum atomic E-state index is -0.716. The second kappa shape index (κ2) is 8.41. The van der Waals surface area contributed by atoms with Gasteiger partial charge in [-0.05, 0) is 38.0 Å². The zero-order valence-electron chi connectivity index (χ0n) is 18.7. The Kier molecular flexibility index (Phi) is 5.79. The molecule has 168 valence electrons. The Bertz CT molecular complexity index is 1150. The standard InChI is InChI=1S/C24H26F2N4O2/c1-14-11-20(32-29-14)18-13-27-23(24(2,3)4)28-21(18)15-7-9-30(10-8-15)22(31)17-12-16(25)5-6-19(17)26/h5-6,11-13,15H,7-10H2,1-4H3. The van der Waals surface area contributed by atoms with Crippen molar-refractivity contribution in [3.05, 3.63) is 64.9 Å². The summed E-state index contributed by atoms with van der Waals surface area (Å²) < 4.78 is 33.1. The Hall–Kier alpha value is -3.16. The van der Waals surface area contributed by atoms with Crippen molar-refractivity contribution in [3.8, 4) is 11.3 Å². The molecule has 8 heteroatoms. The van der Waals surface area contributed by atoms with Gasteiger partial charge in [-0.3, -0.25) is 4.79 Å². The van der Waals surface area contributed by atoms with Crippen LogP contribution in [0.5, 0.6) is 0 Å². The lowest BCUT2D eigenvalue weighted by Crippen LogP contribution is -2.38. The summed E-state index contributed by atoms with van der Waals surface area (Å²) in [6, 6.07) is 4.79. The maximum absolute atomic E-state index is 14.1. The Morgan fingerprint density at radius 1 is 1.16 bits per heavy atom. The van der Waals surface area contributed by atoms with Gasteiger partial charge in [-0.15, -0.1) is 0 Å². The highest BCUT2D eigenvalue weighted by Gasteiger charge is 2.30. The molecule has 1 aromatic carbocycles. The zero-order chi connectivity index (χ0) is 23.0. The van der Waals surface area contributed by atoms with Gasteiger partial charge in [0.2, 0.25) is 0 Å². The number of nitrogens with zero attached hydrogens (tertiary/aromatic N) is 4. The van der Waals surface area contributed by atoms with Crippen molar-refractivity contribution >= 4 is 5.91 Å². The summed E-state index contributed by atoms with van der Waals surface area (Å²) >= 11 is 0. The summed E-state index contributed by atoms with van der Waals surface area (Å²) in [7, 11) is 0. The van der Waals surface area contributed by atoms with E-state index in [-0.39, 0.29) is 16.9 Å². The summed E-state index contributed by atoms with van der Waals surface area (Å²) in [6.07, 6.45) is 3.06. The lowest BCUT2D eigenvalue weighted by molar-refractivity contribution is 0.0706. The number of halogens is 2. The van der Waals surface area contributed by atoms with Crippen LogP contribution in [0.1, 0.15) is 67.1 Å². The summed E-state index contributed by atoms with van der Waals surface area (Å²) in [5, 5.41) is 3.99. The molecule has 0 spiro atoms. The Morgan fingerprint density at radius 2 is 1.88 bits per heavy atom. The lowest BCUT2D eigenvalue weighted by Gasteiger charge is -2.33. The number of benzene rings is 1. The van der Waals surface area contributed by atoms with E-state index in [1.807, 2.05) is 13.0 Å². The van der Waals surface area contributed by atoms with Gasteiger partial charge in [0.05, 0.1) is 22.5 Å². The molecule has 0 unspecified atom stereocenters. The summed E-state index contributed by atoms with van der Waals surface area (Å²) in [4.78, 5) is 23.8. The summed E-state index contributed by atoms with van der Waals surface area (Å²) in [5.41, 5.74) is 1.96. The first-order valence-electron chi connectivity index (χ1n) is 10.7. The van der Waals surface area contributed by atoms with Crippen LogP contribution in [0, 0.1) is 18.6 Å². The number of carbonyl (C=O) groups excluding carboxylic acids is 1. The molecule has 32 heavy (non-hydrogen) atoms. The van der Waals surface area contributed by atoms with E-state index in [9.17, 15) is 13.6 Å². The molecule has 3 heterocycles. The van der Waals surface area contributed by atoms with Gasteiger partial charge in [-0.2, -0.15) is 0 Å². The molecule has 0 aliphatic carbocycles. The van der Waals surface area contributed by atoms with Crippen molar-refractivity contribution in [1.82, 2.24) is 20.0 Å². The summed E-state index contributed by atoms with van der Waals surface area (Å²) in [5.74, 6) is -0.434. The van der Waals surface area contributed by atoms with Crippen molar-refractivity contribution in [2.75, 3.05) is 13.1 Å². The van der Waals surface area contributed by atoms with Gasteiger partial charge in [-0.25, -0.2) is 18.7 Å². The number of rotatable bonds is 3. The number of aromatic nitrogens is 3. The largest absolute Gasteiger partial charge is 0.356 e. The molecule has 1 amide bonds.